The molecule has 0 saturated carbocycles. The lowest BCUT2D eigenvalue weighted by Crippen LogP contribution is -2.56. The third-order valence-electron chi connectivity index (χ3n) is 5.07. The number of carbonyl (C=O) groups excluding carboxylic acids is 1. The predicted molar refractivity (Wildman–Crippen MR) is 95.2 cm³/mol. The molecule has 1 aromatic rings. The van der Waals surface area contributed by atoms with Crippen LogP contribution < -0.4 is 0 Å². The smallest absolute Gasteiger partial charge is 0.246 e. The second-order valence-corrected chi connectivity index (χ2v) is 10.1. The fraction of sp³-hybridized carbons (Fsp3) is 0.733. The number of nitrogens with zero attached hydrogens (tertiary/aromatic N) is 4. The van der Waals surface area contributed by atoms with E-state index in [0.29, 0.717) is 32.5 Å². The first-order chi connectivity index (χ1) is 12.3. The van der Waals surface area contributed by atoms with E-state index in [9.17, 15) is 17.4 Å². The Kier molecular flexibility index (Phi) is 5.52. The van der Waals surface area contributed by atoms with Gasteiger partial charge in [-0.3, -0.25) is 13.7 Å². The molecule has 2 aliphatic rings. The highest BCUT2D eigenvalue weighted by atomic mass is 32.2. The number of methoxy groups -OCH3 is 1. The molecule has 0 N–H and O–H groups in total. The van der Waals surface area contributed by atoms with Crippen molar-refractivity contribution in [3.63, 3.8) is 0 Å². The van der Waals surface area contributed by atoms with Crippen molar-refractivity contribution in [2.45, 2.75) is 36.1 Å². The quantitative estimate of drug-likeness (QED) is 0.641. The van der Waals surface area contributed by atoms with Crippen LogP contribution in [-0.4, -0.2) is 81.5 Å². The molecule has 146 valence electrons. The number of rotatable bonds is 6. The molecule has 2 fully saturated rings. The zero-order valence-corrected chi connectivity index (χ0v) is 16.6. The van der Waals surface area contributed by atoms with Crippen molar-refractivity contribution in [3.8, 4) is 0 Å². The summed E-state index contributed by atoms with van der Waals surface area (Å²) in [6, 6.07) is 0. The van der Waals surface area contributed by atoms with E-state index in [1.807, 2.05) is 6.92 Å². The van der Waals surface area contributed by atoms with Gasteiger partial charge in [0.1, 0.15) is 15.5 Å². The minimum atomic E-state index is -3.64. The Hall–Kier alpha value is -1.30. The lowest BCUT2D eigenvalue weighted by molar-refractivity contribution is -0.131. The summed E-state index contributed by atoms with van der Waals surface area (Å²) in [6.07, 6.45) is 3.58. The maximum absolute atomic E-state index is 12.8. The molecule has 26 heavy (non-hydrogen) atoms. The predicted octanol–water partition coefficient (Wildman–Crippen LogP) is -0.379. The van der Waals surface area contributed by atoms with Gasteiger partial charge in [0.05, 0.1) is 23.6 Å². The van der Waals surface area contributed by atoms with Crippen LogP contribution in [-0.2, 0) is 36.9 Å². The molecular weight excluding hydrogens is 380 g/mol. The van der Waals surface area contributed by atoms with Crippen LogP contribution in [0.15, 0.2) is 17.3 Å². The zero-order chi connectivity index (χ0) is 18.9. The highest BCUT2D eigenvalue weighted by Gasteiger charge is 2.53. The van der Waals surface area contributed by atoms with Crippen molar-refractivity contribution in [2.75, 3.05) is 39.1 Å². The van der Waals surface area contributed by atoms with Crippen LogP contribution in [0.3, 0.4) is 0 Å². The second-order valence-electron chi connectivity index (χ2n) is 6.41. The summed E-state index contributed by atoms with van der Waals surface area (Å²) in [5.74, 6) is -0.152. The molecular formula is C15H24N4O5S2. The molecule has 3 heterocycles. The lowest BCUT2D eigenvalue weighted by atomic mass is 10.0. The molecule has 3 rings (SSSR count). The van der Waals surface area contributed by atoms with Gasteiger partial charge in [0.2, 0.25) is 15.9 Å². The van der Waals surface area contributed by atoms with Crippen LogP contribution in [0.4, 0.5) is 0 Å². The first kappa shape index (κ1) is 19.5. The van der Waals surface area contributed by atoms with Gasteiger partial charge in [0, 0.05) is 39.5 Å². The largest absolute Gasteiger partial charge is 0.383 e. The molecule has 1 amide bonds. The van der Waals surface area contributed by atoms with E-state index < -0.39 is 25.7 Å². The Morgan fingerprint density at radius 2 is 2.04 bits per heavy atom. The summed E-state index contributed by atoms with van der Waals surface area (Å²) in [5.41, 5.74) is 0. The molecule has 1 atom stereocenters. The van der Waals surface area contributed by atoms with Gasteiger partial charge < -0.3 is 9.64 Å². The van der Waals surface area contributed by atoms with Gasteiger partial charge in [-0.25, -0.2) is 8.42 Å². The Bertz CT molecular complexity index is 799. The van der Waals surface area contributed by atoms with Crippen LogP contribution in [0.2, 0.25) is 0 Å². The standard InChI is InChI=1S/C15H24N4O5S2/c1-3-17-11-13(10-16-17)26(22,23)18-6-4-15(5-7-18)19(8-9-24-2)14(20)12-25(15)21/h10-11H,3-9,12H2,1-2H3. The minimum absolute atomic E-state index is 0.000263. The van der Waals surface area contributed by atoms with Crippen LogP contribution in [0.1, 0.15) is 19.8 Å². The Balaban J connectivity index is 1.77. The number of ether oxygens (including phenoxy) is 1. The number of hydrogen-bond donors (Lipinski definition) is 0. The normalized spacial score (nSPS) is 23.8. The summed E-state index contributed by atoms with van der Waals surface area (Å²) in [4.78, 5) is 13.2. The fourth-order valence-electron chi connectivity index (χ4n) is 3.56. The first-order valence-corrected chi connectivity index (χ1v) is 11.3. The van der Waals surface area contributed by atoms with Gasteiger partial charge in [-0.15, -0.1) is 0 Å². The van der Waals surface area contributed by atoms with E-state index in [1.54, 1.807) is 16.7 Å². The van der Waals surface area contributed by atoms with Crippen molar-refractivity contribution in [1.29, 1.82) is 0 Å². The van der Waals surface area contributed by atoms with Crippen LogP contribution in [0.5, 0.6) is 0 Å². The SMILES string of the molecule is CCn1cc(S(=O)(=O)N2CCC3(CC2)N(CCOC)C(=O)CS3=O)cn1. The van der Waals surface area contributed by atoms with Gasteiger partial charge >= 0.3 is 0 Å². The van der Waals surface area contributed by atoms with Crippen LogP contribution in [0, 0.1) is 0 Å². The summed E-state index contributed by atoms with van der Waals surface area (Å²) < 4.78 is 46.3. The number of sulfonamides is 1. The third-order valence-corrected chi connectivity index (χ3v) is 8.90. The molecule has 9 nitrogen and oxygen atoms in total. The Morgan fingerprint density at radius 3 is 2.62 bits per heavy atom. The molecule has 0 aliphatic carbocycles. The van der Waals surface area contributed by atoms with Crippen LogP contribution >= 0.6 is 0 Å². The first-order valence-electron chi connectivity index (χ1n) is 8.55. The molecule has 0 radical (unpaired) electrons. The molecule has 0 aromatic carbocycles. The van der Waals surface area contributed by atoms with Crippen molar-refractivity contribution >= 4 is 26.7 Å². The van der Waals surface area contributed by atoms with Gasteiger partial charge in [-0.1, -0.05) is 0 Å². The molecule has 1 aromatic heterocycles. The zero-order valence-electron chi connectivity index (χ0n) is 15.0. The number of carbonyl (C=O) groups is 1. The summed E-state index contributed by atoms with van der Waals surface area (Å²) in [5, 5.41) is 4.03. The van der Waals surface area contributed by atoms with E-state index in [0.717, 1.165) is 0 Å². The molecule has 0 bridgehead atoms. The number of aryl methyl sites for hydroxylation is 1. The molecule has 1 spiro atoms. The Labute approximate surface area is 155 Å². The van der Waals surface area contributed by atoms with Gasteiger partial charge in [0.25, 0.3) is 0 Å². The van der Waals surface area contributed by atoms with Crippen molar-refractivity contribution in [2.24, 2.45) is 0 Å². The summed E-state index contributed by atoms with van der Waals surface area (Å²) in [6.45, 7) is 3.66. The summed E-state index contributed by atoms with van der Waals surface area (Å²) >= 11 is 0. The average Bonchev–Trinajstić information content (AvgIpc) is 3.19. The van der Waals surface area contributed by atoms with Crippen molar-refractivity contribution in [3.05, 3.63) is 12.4 Å². The Morgan fingerprint density at radius 1 is 1.35 bits per heavy atom. The van der Waals surface area contributed by atoms with E-state index >= 15 is 0 Å². The van der Waals surface area contributed by atoms with E-state index in [4.69, 9.17) is 4.74 Å². The molecule has 11 heteroatoms. The monoisotopic (exact) mass is 404 g/mol. The highest BCUT2D eigenvalue weighted by Crippen LogP contribution is 2.38. The van der Waals surface area contributed by atoms with E-state index in [1.165, 1.54) is 16.7 Å². The third kappa shape index (κ3) is 3.21. The van der Waals surface area contributed by atoms with Crippen LogP contribution in [0.25, 0.3) is 0 Å². The average molecular weight is 405 g/mol. The topological polar surface area (TPSA) is 102 Å². The van der Waals surface area contributed by atoms with Gasteiger partial charge in [0.15, 0.2) is 0 Å². The highest BCUT2D eigenvalue weighted by molar-refractivity contribution is 7.89. The fourth-order valence-corrected chi connectivity index (χ4v) is 6.68. The van der Waals surface area contributed by atoms with E-state index in [-0.39, 0.29) is 29.6 Å². The molecule has 1 unspecified atom stereocenters. The van der Waals surface area contributed by atoms with Crippen molar-refractivity contribution < 1.29 is 22.2 Å². The number of hydrogen-bond acceptors (Lipinski definition) is 6. The van der Waals surface area contributed by atoms with Crippen molar-refractivity contribution in [1.82, 2.24) is 19.0 Å². The number of aromatic nitrogens is 2. The lowest BCUT2D eigenvalue weighted by Gasteiger charge is -2.42. The molecule has 2 aliphatic heterocycles. The van der Waals surface area contributed by atoms with Gasteiger partial charge in [-0.2, -0.15) is 9.40 Å². The number of amides is 1. The minimum Gasteiger partial charge on any atom is -0.383 e. The maximum atomic E-state index is 12.8. The maximum Gasteiger partial charge on any atom is 0.246 e. The molecule has 2 saturated heterocycles. The van der Waals surface area contributed by atoms with E-state index in [2.05, 4.69) is 5.10 Å². The number of piperidine rings is 1. The second kappa shape index (κ2) is 7.37. The summed E-state index contributed by atoms with van der Waals surface area (Å²) in [7, 11) is -3.42. The van der Waals surface area contributed by atoms with Gasteiger partial charge in [-0.05, 0) is 19.8 Å².